The number of nitrogens with one attached hydrogen (secondary N) is 2. The van der Waals surface area contributed by atoms with Gasteiger partial charge in [0.1, 0.15) is 24.0 Å². The van der Waals surface area contributed by atoms with Crippen molar-refractivity contribution in [2.24, 2.45) is 0 Å². The number of carbonyl (C=O) groups is 1. The second-order valence-electron chi connectivity index (χ2n) is 6.24. The van der Waals surface area contributed by atoms with Crippen molar-refractivity contribution in [3.63, 3.8) is 0 Å². The van der Waals surface area contributed by atoms with Gasteiger partial charge in [-0.3, -0.25) is 4.79 Å². The van der Waals surface area contributed by atoms with Crippen LogP contribution in [-0.4, -0.2) is 17.9 Å². The molecule has 138 valence electrons. The summed E-state index contributed by atoms with van der Waals surface area (Å²) in [7, 11) is 1.80. The molecule has 1 atom stereocenters. The van der Waals surface area contributed by atoms with Crippen LogP contribution >= 0.6 is 11.3 Å². The van der Waals surface area contributed by atoms with Gasteiger partial charge in [0.05, 0.1) is 4.88 Å². The smallest absolute Gasteiger partial charge is 0.226 e. The zero-order chi connectivity index (χ0) is 18.8. The van der Waals surface area contributed by atoms with Crippen molar-refractivity contribution in [1.29, 1.82) is 0 Å². The molecule has 2 aromatic carbocycles. The molecule has 1 aliphatic rings. The Morgan fingerprint density at radius 1 is 1.30 bits per heavy atom. The van der Waals surface area contributed by atoms with E-state index in [1.54, 1.807) is 13.1 Å². The molecule has 0 unspecified atom stereocenters. The molecule has 5 nitrogen and oxygen atoms in total. The second kappa shape index (κ2) is 7.36. The Kier molecular flexibility index (Phi) is 4.77. The van der Waals surface area contributed by atoms with Gasteiger partial charge < -0.3 is 15.4 Å². The van der Waals surface area contributed by atoms with Crippen LogP contribution in [0.5, 0.6) is 5.75 Å². The van der Waals surface area contributed by atoms with Crippen LogP contribution in [-0.2, 0) is 11.4 Å². The van der Waals surface area contributed by atoms with Gasteiger partial charge in [-0.1, -0.05) is 41.7 Å². The van der Waals surface area contributed by atoms with E-state index in [2.05, 4.69) is 15.6 Å². The fraction of sp³-hybridized carbons (Fsp3) is 0.200. The lowest BCUT2D eigenvalue weighted by molar-refractivity contribution is -0.116. The molecule has 0 radical (unpaired) electrons. The van der Waals surface area contributed by atoms with Crippen molar-refractivity contribution in [3.8, 4) is 5.75 Å². The number of anilines is 2. The molecule has 0 saturated heterocycles. The monoisotopic (exact) mass is 383 g/mol. The van der Waals surface area contributed by atoms with E-state index in [0.717, 1.165) is 21.1 Å². The molecule has 2 heterocycles. The van der Waals surface area contributed by atoms with Gasteiger partial charge in [0.15, 0.2) is 5.13 Å². The van der Waals surface area contributed by atoms with E-state index >= 15 is 0 Å². The number of ether oxygens (including phenoxy) is 1. The fourth-order valence-electron chi connectivity index (χ4n) is 3.16. The number of hydrogen-bond donors (Lipinski definition) is 2. The maximum absolute atomic E-state index is 13.4. The van der Waals surface area contributed by atoms with Crippen molar-refractivity contribution in [3.05, 3.63) is 70.4 Å². The molecular formula is C20H18FN3O2S. The van der Waals surface area contributed by atoms with Crippen LogP contribution in [0.25, 0.3) is 0 Å². The minimum absolute atomic E-state index is 0.0691. The minimum atomic E-state index is -0.290. The van der Waals surface area contributed by atoms with E-state index in [4.69, 9.17) is 4.74 Å². The molecule has 0 aliphatic carbocycles. The Balaban J connectivity index is 1.65. The SMILES string of the molecule is CNc1nc2c(s1)[C@@H](c1ccccc1OCc1cccc(F)c1)CC(=O)N2. The van der Waals surface area contributed by atoms with Crippen LogP contribution in [0.4, 0.5) is 15.3 Å². The second-order valence-corrected chi connectivity index (χ2v) is 7.27. The summed E-state index contributed by atoms with van der Waals surface area (Å²) in [4.78, 5) is 17.6. The summed E-state index contributed by atoms with van der Waals surface area (Å²) in [6.07, 6.45) is 0.332. The Morgan fingerprint density at radius 2 is 2.15 bits per heavy atom. The number of carbonyl (C=O) groups excluding carboxylic acids is 1. The van der Waals surface area contributed by atoms with E-state index in [9.17, 15) is 9.18 Å². The first-order valence-electron chi connectivity index (χ1n) is 8.58. The first-order valence-corrected chi connectivity index (χ1v) is 9.40. The lowest BCUT2D eigenvalue weighted by Gasteiger charge is -2.23. The molecule has 2 N–H and O–H groups in total. The van der Waals surface area contributed by atoms with Crippen molar-refractivity contribution in [2.75, 3.05) is 17.7 Å². The zero-order valence-electron chi connectivity index (χ0n) is 14.7. The normalized spacial score (nSPS) is 15.8. The van der Waals surface area contributed by atoms with Gasteiger partial charge in [-0.25, -0.2) is 9.37 Å². The third-order valence-electron chi connectivity index (χ3n) is 4.41. The number of halogens is 1. The fourth-order valence-corrected chi connectivity index (χ4v) is 4.16. The molecule has 4 rings (SSSR count). The van der Waals surface area contributed by atoms with Gasteiger partial charge in [0.25, 0.3) is 0 Å². The molecule has 27 heavy (non-hydrogen) atoms. The van der Waals surface area contributed by atoms with E-state index < -0.39 is 0 Å². The van der Waals surface area contributed by atoms with Crippen LogP contribution in [0.2, 0.25) is 0 Å². The molecule has 0 saturated carbocycles. The Morgan fingerprint density at radius 3 is 2.96 bits per heavy atom. The average molecular weight is 383 g/mol. The summed E-state index contributed by atoms with van der Waals surface area (Å²) < 4.78 is 19.4. The predicted octanol–water partition coefficient (Wildman–Crippen LogP) is 4.38. The predicted molar refractivity (Wildman–Crippen MR) is 104 cm³/mol. The standard InChI is InChI=1S/C20H18FN3O2S/c1-22-20-24-19-18(27-20)15(10-17(25)23-19)14-7-2-3-8-16(14)26-11-12-5-4-6-13(21)9-12/h2-9,15H,10-11H2,1H3,(H,22,24)(H,23,25)/t15-/m1/s1. The van der Waals surface area contributed by atoms with Gasteiger partial charge in [0, 0.05) is 24.9 Å². The number of amides is 1. The summed E-state index contributed by atoms with van der Waals surface area (Å²) in [6, 6.07) is 14.0. The minimum Gasteiger partial charge on any atom is -0.489 e. The highest BCUT2D eigenvalue weighted by Gasteiger charge is 2.31. The maximum Gasteiger partial charge on any atom is 0.226 e. The highest BCUT2D eigenvalue weighted by molar-refractivity contribution is 7.16. The van der Waals surface area contributed by atoms with E-state index in [-0.39, 0.29) is 24.2 Å². The topological polar surface area (TPSA) is 63.3 Å². The van der Waals surface area contributed by atoms with Crippen LogP contribution in [0, 0.1) is 5.82 Å². The van der Waals surface area contributed by atoms with E-state index in [1.807, 2.05) is 30.3 Å². The van der Waals surface area contributed by atoms with Crippen molar-refractivity contribution in [1.82, 2.24) is 4.98 Å². The van der Waals surface area contributed by atoms with Gasteiger partial charge in [-0.15, -0.1) is 0 Å². The molecule has 7 heteroatoms. The summed E-state index contributed by atoms with van der Waals surface area (Å²) in [6.45, 7) is 0.255. The van der Waals surface area contributed by atoms with Crippen LogP contribution < -0.4 is 15.4 Å². The first-order chi connectivity index (χ1) is 13.1. The highest BCUT2D eigenvalue weighted by atomic mass is 32.1. The average Bonchev–Trinajstić information content (AvgIpc) is 3.09. The highest BCUT2D eigenvalue weighted by Crippen LogP contribution is 2.44. The Hall–Kier alpha value is -2.93. The number of thiazole rings is 1. The largest absolute Gasteiger partial charge is 0.489 e. The van der Waals surface area contributed by atoms with E-state index in [0.29, 0.717) is 18.0 Å². The molecule has 0 spiro atoms. The zero-order valence-corrected chi connectivity index (χ0v) is 15.5. The molecule has 1 aromatic heterocycles. The van der Waals surface area contributed by atoms with Gasteiger partial charge >= 0.3 is 0 Å². The van der Waals surface area contributed by atoms with Gasteiger partial charge in [-0.2, -0.15) is 0 Å². The van der Waals surface area contributed by atoms with Crippen molar-refractivity contribution >= 4 is 28.2 Å². The third kappa shape index (κ3) is 3.64. The molecule has 3 aromatic rings. The lowest BCUT2D eigenvalue weighted by Crippen LogP contribution is -2.23. The summed E-state index contributed by atoms with van der Waals surface area (Å²) in [5, 5.41) is 6.62. The number of aromatic nitrogens is 1. The number of rotatable bonds is 5. The quantitative estimate of drug-likeness (QED) is 0.686. The van der Waals surface area contributed by atoms with Gasteiger partial charge in [0.2, 0.25) is 5.91 Å². The lowest BCUT2D eigenvalue weighted by atomic mass is 9.91. The number of para-hydroxylation sites is 1. The summed E-state index contributed by atoms with van der Waals surface area (Å²) in [5.41, 5.74) is 1.68. The number of benzene rings is 2. The van der Waals surface area contributed by atoms with Gasteiger partial charge in [-0.05, 0) is 23.8 Å². The first kappa shape index (κ1) is 17.5. The van der Waals surface area contributed by atoms with Crippen LogP contribution in [0.1, 0.15) is 28.3 Å². The molecule has 1 aliphatic heterocycles. The summed E-state index contributed by atoms with van der Waals surface area (Å²) >= 11 is 1.52. The van der Waals surface area contributed by atoms with E-state index in [1.165, 1.54) is 23.5 Å². The Bertz CT molecular complexity index is 989. The van der Waals surface area contributed by atoms with Crippen molar-refractivity contribution in [2.45, 2.75) is 18.9 Å². The van der Waals surface area contributed by atoms with Crippen LogP contribution in [0.3, 0.4) is 0 Å². The number of hydrogen-bond acceptors (Lipinski definition) is 5. The summed E-state index contributed by atoms with van der Waals surface area (Å²) in [5.74, 6) is 0.803. The van der Waals surface area contributed by atoms with Crippen molar-refractivity contribution < 1.29 is 13.9 Å². The number of fused-ring (bicyclic) bond motifs is 1. The molecular weight excluding hydrogens is 365 g/mol. The molecule has 0 bridgehead atoms. The number of nitrogens with zero attached hydrogens (tertiary/aromatic N) is 1. The Labute approximate surface area is 160 Å². The maximum atomic E-state index is 13.4. The molecule has 1 amide bonds. The molecule has 0 fully saturated rings. The third-order valence-corrected chi connectivity index (χ3v) is 5.60. The van der Waals surface area contributed by atoms with Crippen LogP contribution in [0.15, 0.2) is 48.5 Å².